The van der Waals surface area contributed by atoms with Crippen LogP contribution < -0.4 is 0 Å². The van der Waals surface area contributed by atoms with Gasteiger partial charge >= 0.3 is 0 Å². The summed E-state index contributed by atoms with van der Waals surface area (Å²) >= 11 is 0. The molecule has 0 unspecified atom stereocenters. The van der Waals surface area contributed by atoms with Crippen molar-refractivity contribution >= 4 is 38.2 Å². The van der Waals surface area contributed by atoms with Crippen molar-refractivity contribution in [3.05, 3.63) is 60.3 Å². The summed E-state index contributed by atoms with van der Waals surface area (Å²) < 4.78 is 16.3. The zero-order chi connectivity index (χ0) is 15.6. The van der Waals surface area contributed by atoms with Gasteiger partial charge in [-0.3, -0.25) is 4.40 Å². The van der Waals surface area contributed by atoms with Crippen LogP contribution in [-0.4, -0.2) is 19.6 Å². The van der Waals surface area contributed by atoms with E-state index < -0.39 is 0 Å². The van der Waals surface area contributed by atoms with Gasteiger partial charge in [-0.25, -0.2) is 9.37 Å². The molecule has 0 aliphatic carbocycles. The topological polar surface area (TPSA) is 43.1 Å². The quantitative estimate of drug-likeness (QED) is 0.406. The highest BCUT2D eigenvalue weighted by molar-refractivity contribution is 6.24. The van der Waals surface area contributed by atoms with E-state index in [4.69, 9.17) is 0 Å². The Morgan fingerprint density at radius 2 is 1.91 bits per heavy atom. The van der Waals surface area contributed by atoms with Gasteiger partial charge in [0.1, 0.15) is 12.1 Å². The minimum absolute atomic E-state index is 0.271. The molecule has 5 aromatic rings. The molecule has 5 rings (SSSR count). The van der Waals surface area contributed by atoms with Crippen molar-refractivity contribution in [3.8, 4) is 0 Å². The van der Waals surface area contributed by atoms with Gasteiger partial charge in [-0.15, -0.1) is 10.2 Å². The number of fused-ring (bicyclic) bond motifs is 7. The highest BCUT2D eigenvalue weighted by Gasteiger charge is 2.14. The average molecular weight is 302 g/mol. The zero-order valence-corrected chi connectivity index (χ0v) is 12.3. The van der Waals surface area contributed by atoms with Crippen LogP contribution in [0, 0.1) is 12.7 Å². The molecule has 0 bridgehead atoms. The van der Waals surface area contributed by atoms with Crippen molar-refractivity contribution in [1.82, 2.24) is 19.6 Å². The monoisotopic (exact) mass is 302 g/mol. The standard InChI is InChI=1S/C18H11FN4/c1-10-5-6-11-13(7-10)12-3-2-4-15(19)16(12)17-14(11)8-23-9-20-22-18(23)21-17/h2-9H,1H3. The van der Waals surface area contributed by atoms with E-state index in [-0.39, 0.29) is 5.82 Å². The molecular weight excluding hydrogens is 291 g/mol. The molecule has 0 atom stereocenters. The number of aromatic nitrogens is 4. The molecule has 0 radical (unpaired) electrons. The second-order valence-electron chi connectivity index (χ2n) is 5.75. The van der Waals surface area contributed by atoms with E-state index in [2.05, 4.69) is 33.4 Å². The smallest absolute Gasteiger partial charge is 0.255 e. The molecule has 0 spiro atoms. The number of nitrogens with zero attached hydrogens (tertiary/aromatic N) is 4. The first-order valence-electron chi connectivity index (χ1n) is 7.33. The highest BCUT2D eigenvalue weighted by Crippen LogP contribution is 2.35. The molecule has 4 nitrogen and oxygen atoms in total. The van der Waals surface area contributed by atoms with Crippen LogP contribution in [0.2, 0.25) is 0 Å². The maximum absolute atomic E-state index is 14.6. The summed E-state index contributed by atoms with van der Waals surface area (Å²) in [6, 6.07) is 11.4. The Kier molecular flexibility index (Phi) is 2.29. The Morgan fingerprint density at radius 3 is 2.83 bits per heavy atom. The van der Waals surface area contributed by atoms with Crippen LogP contribution in [0.1, 0.15) is 5.56 Å². The Labute approximate surface area is 130 Å². The summed E-state index contributed by atoms with van der Waals surface area (Å²) in [5, 5.41) is 12.2. The Bertz CT molecular complexity index is 1240. The average Bonchev–Trinajstić information content (AvgIpc) is 3.00. The summed E-state index contributed by atoms with van der Waals surface area (Å²) in [5.41, 5.74) is 1.76. The molecule has 0 fully saturated rings. The minimum Gasteiger partial charge on any atom is -0.272 e. The first kappa shape index (κ1) is 12.5. The predicted octanol–water partition coefficient (Wildman–Crippen LogP) is 4.03. The van der Waals surface area contributed by atoms with Gasteiger partial charge in [0.15, 0.2) is 0 Å². The van der Waals surface area contributed by atoms with Crippen molar-refractivity contribution in [3.63, 3.8) is 0 Å². The molecule has 0 amide bonds. The van der Waals surface area contributed by atoms with Crippen molar-refractivity contribution in [2.75, 3.05) is 0 Å². The van der Waals surface area contributed by atoms with Crippen LogP contribution in [0.3, 0.4) is 0 Å². The number of hydrogen-bond donors (Lipinski definition) is 0. The third kappa shape index (κ3) is 1.61. The normalized spacial score (nSPS) is 11.9. The van der Waals surface area contributed by atoms with Crippen molar-refractivity contribution < 1.29 is 4.39 Å². The van der Waals surface area contributed by atoms with E-state index in [9.17, 15) is 4.39 Å². The van der Waals surface area contributed by atoms with E-state index in [0.29, 0.717) is 16.7 Å². The molecule has 0 N–H and O–H groups in total. The second-order valence-corrected chi connectivity index (χ2v) is 5.75. The fourth-order valence-corrected chi connectivity index (χ4v) is 3.26. The van der Waals surface area contributed by atoms with Crippen molar-refractivity contribution in [1.29, 1.82) is 0 Å². The number of hydrogen-bond acceptors (Lipinski definition) is 3. The van der Waals surface area contributed by atoms with Gasteiger partial charge < -0.3 is 0 Å². The largest absolute Gasteiger partial charge is 0.272 e. The molecule has 110 valence electrons. The van der Waals surface area contributed by atoms with E-state index >= 15 is 0 Å². The fourth-order valence-electron chi connectivity index (χ4n) is 3.26. The molecule has 2 aromatic heterocycles. The molecule has 0 aliphatic rings. The Balaban J connectivity index is 2.20. The number of rotatable bonds is 0. The summed E-state index contributed by atoms with van der Waals surface area (Å²) in [5.74, 6) is 0.195. The van der Waals surface area contributed by atoms with Gasteiger partial charge in [0.2, 0.25) is 0 Å². The minimum atomic E-state index is -0.271. The first-order chi connectivity index (χ1) is 11.2. The molecular formula is C18H11FN4. The predicted molar refractivity (Wildman–Crippen MR) is 88.0 cm³/mol. The second kappa shape index (κ2) is 4.23. The zero-order valence-electron chi connectivity index (χ0n) is 12.3. The molecule has 3 aromatic carbocycles. The van der Waals surface area contributed by atoms with Crippen LogP contribution >= 0.6 is 0 Å². The van der Waals surface area contributed by atoms with Crippen molar-refractivity contribution in [2.24, 2.45) is 0 Å². The van der Waals surface area contributed by atoms with Gasteiger partial charge in [-0.05, 0) is 29.1 Å². The summed E-state index contributed by atoms with van der Waals surface area (Å²) in [6.07, 6.45) is 3.52. The van der Waals surface area contributed by atoms with E-state index in [1.54, 1.807) is 16.8 Å². The lowest BCUT2D eigenvalue weighted by atomic mass is 9.96. The highest BCUT2D eigenvalue weighted by atomic mass is 19.1. The maximum atomic E-state index is 14.6. The van der Waals surface area contributed by atoms with Crippen LogP contribution in [0.5, 0.6) is 0 Å². The van der Waals surface area contributed by atoms with Crippen LogP contribution in [0.15, 0.2) is 48.9 Å². The lowest BCUT2D eigenvalue weighted by Gasteiger charge is -2.11. The van der Waals surface area contributed by atoms with Crippen LogP contribution in [0.4, 0.5) is 4.39 Å². The van der Waals surface area contributed by atoms with E-state index in [1.165, 1.54) is 6.07 Å². The van der Waals surface area contributed by atoms with Gasteiger partial charge in [-0.1, -0.05) is 35.9 Å². The molecule has 2 heterocycles. The molecule has 23 heavy (non-hydrogen) atoms. The fraction of sp³-hybridized carbons (Fsp3) is 0.0556. The van der Waals surface area contributed by atoms with Gasteiger partial charge in [0, 0.05) is 17.0 Å². The third-order valence-corrected chi connectivity index (χ3v) is 4.30. The van der Waals surface area contributed by atoms with Gasteiger partial charge in [0.25, 0.3) is 5.78 Å². The third-order valence-electron chi connectivity index (χ3n) is 4.30. The molecule has 5 heteroatoms. The number of halogens is 1. The Hall–Kier alpha value is -3.08. The van der Waals surface area contributed by atoms with E-state index in [1.807, 2.05) is 19.2 Å². The summed E-state index contributed by atoms with van der Waals surface area (Å²) in [6.45, 7) is 2.04. The molecule has 0 aliphatic heterocycles. The van der Waals surface area contributed by atoms with Crippen LogP contribution in [-0.2, 0) is 0 Å². The first-order valence-corrected chi connectivity index (χ1v) is 7.33. The lowest BCUT2D eigenvalue weighted by molar-refractivity contribution is 0.640. The van der Waals surface area contributed by atoms with Gasteiger partial charge in [-0.2, -0.15) is 0 Å². The summed E-state index contributed by atoms with van der Waals surface area (Å²) in [4.78, 5) is 4.55. The number of benzene rings is 3. The maximum Gasteiger partial charge on any atom is 0.255 e. The van der Waals surface area contributed by atoms with Crippen LogP contribution in [0.25, 0.3) is 38.2 Å². The molecule has 0 saturated carbocycles. The van der Waals surface area contributed by atoms with E-state index in [0.717, 1.165) is 27.1 Å². The van der Waals surface area contributed by atoms with Crippen molar-refractivity contribution in [2.45, 2.75) is 6.92 Å². The SMILES string of the molecule is Cc1ccc2c(c1)c1cccc(F)c1c1nc3nncn3cc21. The lowest BCUT2D eigenvalue weighted by Crippen LogP contribution is -1.94. The molecule has 0 saturated heterocycles. The number of aryl methyl sites for hydroxylation is 1. The van der Waals surface area contributed by atoms with Gasteiger partial charge in [0.05, 0.1) is 5.52 Å². The Morgan fingerprint density at radius 1 is 1.00 bits per heavy atom. The summed E-state index contributed by atoms with van der Waals surface area (Å²) in [7, 11) is 0.